The van der Waals surface area contributed by atoms with Gasteiger partial charge in [-0.15, -0.1) is 0 Å². The minimum atomic E-state index is -1.38. The second kappa shape index (κ2) is 8.97. The van der Waals surface area contributed by atoms with Gasteiger partial charge in [-0.2, -0.15) is 0 Å². The van der Waals surface area contributed by atoms with Gasteiger partial charge in [0.2, 0.25) is 5.78 Å². The second-order valence-corrected chi connectivity index (χ2v) is 7.56. The van der Waals surface area contributed by atoms with Crippen LogP contribution in [0.15, 0.2) is 29.2 Å². The number of aromatic nitrogens is 1. The number of hydrogen-bond acceptors (Lipinski definition) is 6. The molecule has 1 N–H and O–H groups in total. The summed E-state index contributed by atoms with van der Waals surface area (Å²) in [6.45, 7) is 6.67. The topological polar surface area (TPSA) is 103 Å². The number of carbonyl (C=O) groups is 3. The van der Waals surface area contributed by atoms with Gasteiger partial charge < -0.3 is 14.5 Å². The molecule has 0 amide bonds. The first-order valence-electron chi connectivity index (χ1n) is 8.72. The number of carbonyl (C=O) groups excluding carboxylic acids is 3. The number of benzene rings is 1. The third-order valence-corrected chi connectivity index (χ3v) is 5.21. The normalized spacial score (nSPS) is 12.9. The van der Waals surface area contributed by atoms with E-state index >= 15 is 0 Å². The van der Waals surface area contributed by atoms with Crippen molar-refractivity contribution < 1.29 is 28.1 Å². The van der Waals surface area contributed by atoms with Crippen LogP contribution in [0.2, 0.25) is 0 Å². The highest BCUT2D eigenvalue weighted by molar-refractivity contribution is 7.84. The smallest absolute Gasteiger partial charge is 0.340 e. The first-order valence-corrected chi connectivity index (χ1v) is 10.3. The summed E-state index contributed by atoms with van der Waals surface area (Å²) < 4.78 is 22.1. The Morgan fingerprint density at radius 1 is 1.14 bits per heavy atom. The number of aryl methyl sites for hydroxylation is 1. The van der Waals surface area contributed by atoms with Crippen LogP contribution in [0.5, 0.6) is 0 Å². The summed E-state index contributed by atoms with van der Waals surface area (Å²) in [6.07, 6.45) is 0.362. The van der Waals surface area contributed by atoms with Crippen molar-refractivity contribution in [3.63, 3.8) is 0 Å². The van der Waals surface area contributed by atoms with Crippen LogP contribution >= 0.6 is 0 Å². The Kier molecular flexibility index (Phi) is 6.90. The highest BCUT2D eigenvalue weighted by atomic mass is 32.2. The third-order valence-electron chi connectivity index (χ3n) is 4.23. The fourth-order valence-corrected chi connectivity index (χ4v) is 3.60. The molecule has 2 aromatic rings. The Balaban J connectivity index is 2.24. The Morgan fingerprint density at radius 3 is 2.39 bits per heavy atom. The van der Waals surface area contributed by atoms with Gasteiger partial charge >= 0.3 is 11.9 Å². The van der Waals surface area contributed by atoms with E-state index in [4.69, 9.17) is 9.47 Å². The van der Waals surface area contributed by atoms with Crippen molar-refractivity contribution in [2.24, 2.45) is 0 Å². The van der Waals surface area contributed by atoms with Gasteiger partial charge in [-0.05, 0) is 45.4 Å². The molecule has 0 aliphatic heterocycles. The Labute approximate surface area is 165 Å². The number of hydrogen-bond donors (Lipinski definition) is 1. The molecule has 2 atom stereocenters. The number of H-pyrrole nitrogens is 1. The van der Waals surface area contributed by atoms with E-state index < -0.39 is 34.6 Å². The van der Waals surface area contributed by atoms with Gasteiger partial charge in [-0.25, -0.2) is 9.59 Å². The number of Topliss-reactive ketones (excluding diaryl/α,β-unsaturated/α-hetero) is 1. The van der Waals surface area contributed by atoms with Crippen LogP contribution in [0.4, 0.5) is 0 Å². The van der Waals surface area contributed by atoms with E-state index in [9.17, 15) is 18.6 Å². The number of esters is 2. The van der Waals surface area contributed by atoms with E-state index in [0.717, 1.165) is 0 Å². The Morgan fingerprint density at radius 2 is 1.79 bits per heavy atom. The molecule has 1 aromatic carbocycles. The molecule has 0 aliphatic rings. The van der Waals surface area contributed by atoms with Crippen LogP contribution in [0.1, 0.15) is 56.3 Å². The van der Waals surface area contributed by atoms with Crippen molar-refractivity contribution in [1.29, 1.82) is 0 Å². The van der Waals surface area contributed by atoms with E-state index in [1.165, 1.54) is 19.2 Å². The maximum absolute atomic E-state index is 12.8. The minimum absolute atomic E-state index is 0.148. The Hall–Kier alpha value is -2.74. The van der Waals surface area contributed by atoms with E-state index in [2.05, 4.69) is 4.98 Å². The van der Waals surface area contributed by atoms with Crippen LogP contribution < -0.4 is 0 Å². The molecule has 0 radical (unpaired) electrons. The molecule has 0 bridgehead atoms. The number of aromatic amines is 1. The summed E-state index contributed by atoms with van der Waals surface area (Å²) in [7, 11) is -1.38. The molecule has 28 heavy (non-hydrogen) atoms. The quantitative estimate of drug-likeness (QED) is 0.561. The molecule has 0 aliphatic carbocycles. The van der Waals surface area contributed by atoms with Crippen molar-refractivity contribution >= 4 is 28.5 Å². The fourth-order valence-electron chi connectivity index (χ4n) is 2.87. The SMILES string of the molecule is CCOC(=O)c1c(C)[nH]c(C(=O)[C@@H](C)OC(=O)c2ccccc2[S@@](C)=O)c1C. The predicted molar refractivity (Wildman–Crippen MR) is 104 cm³/mol. The zero-order valence-corrected chi connectivity index (χ0v) is 17.3. The van der Waals surface area contributed by atoms with Crippen LogP contribution in [0.25, 0.3) is 0 Å². The molecule has 0 unspecified atom stereocenters. The lowest BCUT2D eigenvalue weighted by atomic mass is 10.1. The zero-order valence-electron chi connectivity index (χ0n) is 16.5. The van der Waals surface area contributed by atoms with Crippen LogP contribution in [0.3, 0.4) is 0 Å². The molecule has 0 fully saturated rings. The standard InChI is InChI=1S/C20H23NO6S/c1-6-26-20(24)16-11(2)17(21-12(16)3)18(22)13(4)27-19(23)14-9-7-8-10-15(14)28(5)25/h7-10,13,21H,6H2,1-5H3/t13-,28-/m1/s1. The summed E-state index contributed by atoms with van der Waals surface area (Å²) in [4.78, 5) is 40.6. The first-order chi connectivity index (χ1) is 13.2. The molecule has 1 heterocycles. The maximum atomic E-state index is 12.8. The van der Waals surface area contributed by atoms with Gasteiger partial charge in [-0.1, -0.05) is 12.1 Å². The molecule has 2 rings (SSSR count). The van der Waals surface area contributed by atoms with Gasteiger partial charge in [0.15, 0.2) is 6.10 Å². The highest BCUT2D eigenvalue weighted by Crippen LogP contribution is 2.22. The number of rotatable bonds is 7. The average molecular weight is 405 g/mol. The maximum Gasteiger partial charge on any atom is 0.340 e. The molecule has 7 nitrogen and oxygen atoms in total. The fraction of sp³-hybridized carbons (Fsp3) is 0.350. The van der Waals surface area contributed by atoms with E-state index in [1.807, 2.05) is 0 Å². The molecule has 1 aromatic heterocycles. The minimum Gasteiger partial charge on any atom is -0.462 e. The largest absolute Gasteiger partial charge is 0.462 e. The van der Waals surface area contributed by atoms with Gasteiger partial charge in [0.05, 0.1) is 39.1 Å². The van der Waals surface area contributed by atoms with Gasteiger partial charge in [0.25, 0.3) is 0 Å². The first kappa shape index (κ1) is 21.6. The summed E-state index contributed by atoms with van der Waals surface area (Å²) in [6, 6.07) is 6.37. The number of nitrogens with one attached hydrogen (secondary N) is 1. The van der Waals surface area contributed by atoms with E-state index in [0.29, 0.717) is 21.7 Å². The predicted octanol–water partition coefficient (Wildman–Crippen LogP) is 2.97. The molecule has 150 valence electrons. The molecule has 0 spiro atoms. The molecular weight excluding hydrogens is 382 g/mol. The van der Waals surface area contributed by atoms with Crippen molar-refractivity contribution in [2.45, 2.75) is 38.7 Å². The summed E-state index contributed by atoms with van der Waals surface area (Å²) >= 11 is 0. The average Bonchev–Trinajstić information content (AvgIpc) is 2.95. The lowest BCUT2D eigenvalue weighted by Gasteiger charge is -2.13. The monoisotopic (exact) mass is 405 g/mol. The Bertz CT molecular complexity index is 946. The molecule has 0 saturated heterocycles. The molecular formula is C20H23NO6S. The zero-order chi connectivity index (χ0) is 21.0. The van der Waals surface area contributed by atoms with Crippen LogP contribution in [-0.4, -0.2) is 45.9 Å². The van der Waals surface area contributed by atoms with Crippen molar-refractivity contribution in [3.8, 4) is 0 Å². The number of ether oxygens (including phenoxy) is 2. The van der Waals surface area contributed by atoms with Crippen molar-refractivity contribution in [1.82, 2.24) is 4.98 Å². The van der Waals surface area contributed by atoms with Gasteiger partial charge in [-0.3, -0.25) is 9.00 Å². The molecule has 0 saturated carbocycles. The lowest BCUT2D eigenvalue weighted by molar-refractivity contribution is 0.0313. The third kappa shape index (κ3) is 4.39. The van der Waals surface area contributed by atoms with E-state index in [-0.39, 0.29) is 17.9 Å². The second-order valence-electron chi connectivity index (χ2n) is 6.21. The summed E-state index contributed by atoms with van der Waals surface area (Å²) in [5.41, 5.74) is 1.58. The lowest BCUT2D eigenvalue weighted by Crippen LogP contribution is -2.26. The molecule has 8 heteroatoms. The number of ketones is 1. The van der Waals surface area contributed by atoms with E-state index in [1.54, 1.807) is 39.0 Å². The highest BCUT2D eigenvalue weighted by Gasteiger charge is 2.28. The summed E-state index contributed by atoms with van der Waals surface area (Å²) in [5.74, 6) is -1.73. The summed E-state index contributed by atoms with van der Waals surface area (Å²) in [5, 5.41) is 0. The van der Waals surface area contributed by atoms with Gasteiger partial charge in [0, 0.05) is 11.9 Å². The van der Waals surface area contributed by atoms with Gasteiger partial charge in [0.1, 0.15) is 0 Å². The van der Waals surface area contributed by atoms with Crippen molar-refractivity contribution in [2.75, 3.05) is 12.9 Å². The van der Waals surface area contributed by atoms with Crippen LogP contribution in [-0.2, 0) is 20.3 Å². The van der Waals surface area contributed by atoms with Crippen molar-refractivity contribution in [3.05, 3.63) is 52.3 Å². The van der Waals surface area contributed by atoms with Crippen LogP contribution in [0, 0.1) is 13.8 Å².